The van der Waals surface area contributed by atoms with Gasteiger partial charge in [0, 0.05) is 29.9 Å². The lowest BCUT2D eigenvalue weighted by Crippen LogP contribution is -2.52. The topological polar surface area (TPSA) is 262 Å². The Morgan fingerprint density at radius 3 is 2.02 bits per heavy atom. The number of carboxylic acid groups (broad SMARTS) is 2. The summed E-state index contributed by atoms with van der Waals surface area (Å²) < 4.78 is 0. The zero-order chi connectivity index (χ0) is 29.7. The summed E-state index contributed by atoms with van der Waals surface area (Å²) in [6.45, 7) is -2.05. The number of para-hydroxylation sites is 1. The molecule has 0 fully saturated rings. The highest BCUT2D eigenvalue weighted by atomic mass is 16.4. The molecule has 2 aromatic rings. The lowest BCUT2D eigenvalue weighted by molar-refractivity contribution is -0.141. The van der Waals surface area contributed by atoms with Crippen molar-refractivity contribution in [1.29, 1.82) is 0 Å². The summed E-state index contributed by atoms with van der Waals surface area (Å²) in [5.41, 5.74) is 6.61. The van der Waals surface area contributed by atoms with Gasteiger partial charge >= 0.3 is 11.9 Å². The number of rotatable bonds is 16. The van der Waals surface area contributed by atoms with Crippen molar-refractivity contribution in [3.05, 3.63) is 36.0 Å². The molecule has 0 bridgehead atoms. The summed E-state index contributed by atoms with van der Waals surface area (Å²) in [5, 5.41) is 30.5. The molecule has 0 aliphatic rings. The standard InChI is InChI=1S/C24H31N7O9/c25-8-18(32)27-11-20(34)30-16(5-6-22(36)37)23(38)29-10-19(33)28-12-21(35)31-17(24(39)40)7-13-9-26-15-4-2-1-3-14(13)15/h1-4,9,16-17,26H,5-8,10-12,25H2,(H,27,32)(H,28,33)(H,29,38)(H,30,34)(H,31,35)(H,36,37)(H,39,40)/t16-,17-/m0/s1. The molecule has 1 aromatic carbocycles. The zero-order valence-electron chi connectivity index (χ0n) is 21.3. The van der Waals surface area contributed by atoms with Crippen LogP contribution in [0.2, 0.25) is 0 Å². The van der Waals surface area contributed by atoms with E-state index in [1.807, 2.05) is 18.2 Å². The minimum absolute atomic E-state index is 0.00551. The quantitative estimate of drug-likeness (QED) is 0.0998. The van der Waals surface area contributed by atoms with Crippen molar-refractivity contribution < 1.29 is 43.8 Å². The molecule has 2 atom stereocenters. The van der Waals surface area contributed by atoms with Crippen LogP contribution in [-0.2, 0) is 40.0 Å². The van der Waals surface area contributed by atoms with Gasteiger partial charge in [-0.25, -0.2) is 4.79 Å². The molecule has 2 rings (SSSR count). The Kier molecular flexibility index (Phi) is 12.0. The van der Waals surface area contributed by atoms with Crippen LogP contribution in [0.4, 0.5) is 0 Å². The molecule has 16 heteroatoms. The van der Waals surface area contributed by atoms with E-state index < -0.39 is 79.6 Å². The van der Waals surface area contributed by atoms with Gasteiger partial charge in [-0.3, -0.25) is 28.8 Å². The number of nitrogens with two attached hydrogens (primary N) is 1. The number of carboxylic acids is 2. The van der Waals surface area contributed by atoms with Crippen LogP contribution in [0.25, 0.3) is 10.9 Å². The van der Waals surface area contributed by atoms with E-state index in [0.29, 0.717) is 5.56 Å². The van der Waals surface area contributed by atoms with Crippen molar-refractivity contribution >= 4 is 52.4 Å². The third-order valence-electron chi connectivity index (χ3n) is 5.53. The van der Waals surface area contributed by atoms with Gasteiger partial charge in [0.15, 0.2) is 0 Å². The highest BCUT2D eigenvalue weighted by molar-refractivity contribution is 5.93. The van der Waals surface area contributed by atoms with Crippen LogP contribution in [0.15, 0.2) is 30.5 Å². The van der Waals surface area contributed by atoms with E-state index in [9.17, 15) is 38.7 Å². The van der Waals surface area contributed by atoms with Crippen molar-refractivity contribution in [2.75, 3.05) is 26.2 Å². The van der Waals surface area contributed by atoms with E-state index in [1.54, 1.807) is 12.3 Å². The van der Waals surface area contributed by atoms with Crippen LogP contribution in [0.1, 0.15) is 18.4 Å². The Bertz CT molecular complexity index is 1260. The number of carbonyl (C=O) groups is 7. The van der Waals surface area contributed by atoms with Crippen LogP contribution < -0.4 is 32.3 Å². The number of carbonyl (C=O) groups excluding carboxylic acids is 5. The molecule has 40 heavy (non-hydrogen) atoms. The molecular weight excluding hydrogens is 530 g/mol. The van der Waals surface area contributed by atoms with Gasteiger partial charge in [-0.15, -0.1) is 0 Å². The molecular formula is C24H31N7O9. The molecule has 0 unspecified atom stereocenters. The van der Waals surface area contributed by atoms with E-state index in [4.69, 9.17) is 10.8 Å². The normalized spacial score (nSPS) is 12.0. The van der Waals surface area contributed by atoms with Crippen molar-refractivity contribution in [2.24, 2.45) is 5.73 Å². The number of aliphatic carboxylic acids is 2. The van der Waals surface area contributed by atoms with Crippen molar-refractivity contribution in [1.82, 2.24) is 31.6 Å². The molecule has 0 saturated heterocycles. The van der Waals surface area contributed by atoms with E-state index >= 15 is 0 Å². The molecule has 0 saturated carbocycles. The second kappa shape index (κ2) is 15.4. The predicted octanol–water partition coefficient (Wildman–Crippen LogP) is -3.06. The number of H-pyrrole nitrogens is 1. The van der Waals surface area contributed by atoms with E-state index in [2.05, 4.69) is 31.6 Å². The van der Waals surface area contributed by atoms with Crippen LogP contribution in [-0.4, -0.2) is 94.9 Å². The van der Waals surface area contributed by atoms with Gasteiger partial charge < -0.3 is 47.5 Å². The first kappa shape index (κ1) is 31.2. The van der Waals surface area contributed by atoms with Gasteiger partial charge in [-0.05, 0) is 18.1 Å². The minimum atomic E-state index is -1.32. The third-order valence-corrected chi connectivity index (χ3v) is 5.53. The highest BCUT2D eigenvalue weighted by Crippen LogP contribution is 2.19. The van der Waals surface area contributed by atoms with Crippen LogP contribution in [0, 0.1) is 0 Å². The first-order valence-electron chi connectivity index (χ1n) is 12.1. The smallest absolute Gasteiger partial charge is 0.326 e. The Labute approximate surface area is 227 Å². The molecule has 16 nitrogen and oxygen atoms in total. The number of hydrogen-bond acceptors (Lipinski definition) is 8. The van der Waals surface area contributed by atoms with Crippen molar-refractivity contribution in [3.63, 3.8) is 0 Å². The Morgan fingerprint density at radius 2 is 1.40 bits per heavy atom. The number of hydrogen-bond donors (Lipinski definition) is 9. The highest BCUT2D eigenvalue weighted by Gasteiger charge is 2.24. The lowest BCUT2D eigenvalue weighted by Gasteiger charge is -2.18. The molecule has 216 valence electrons. The first-order chi connectivity index (χ1) is 19.0. The summed E-state index contributed by atoms with van der Waals surface area (Å²) in [6.07, 6.45) is 0.881. The van der Waals surface area contributed by atoms with Gasteiger partial charge in [0.25, 0.3) is 0 Å². The summed E-state index contributed by atoms with van der Waals surface area (Å²) >= 11 is 0. The van der Waals surface area contributed by atoms with Gasteiger partial charge in [0.05, 0.1) is 26.2 Å². The van der Waals surface area contributed by atoms with Crippen molar-refractivity contribution in [2.45, 2.75) is 31.3 Å². The van der Waals surface area contributed by atoms with Crippen LogP contribution in [0.5, 0.6) is 0 Å². The fourth-order valence-electron chi connectivity index (χ4n) is 3.53. The number of aromatic amines is 1. The number of aromatic nitrogens is 1. The predicted molar refractivity (Wildman–Crippen MR) is 138 cm³/mol. The van der Waals surface area contributed by atoms with E-state index in [0.717, 1.165) is 10.9 Å². The minimum Gasteiger partial charge on any atom is -0.481 e. The monoisotopic (exact) mass is 561 g/mol. The summed E-state index contributed by atoms with van der Waals surface area (Å²) in [4.78, 5) is 85.6. The zero-order valence-corrected chi connectivity index (χ0v) is 21.3. The Balaban J connectivity index is 1.83. The summed E-state index contributed by atoms with van der Waals surface area (Å²) in [7, 11) is 0. The number of benzene rings is 1. The average Bonchev–Trinajstić information content (AvgIpc) is 3.33. The Morgan fingerprint density at radius 1 is 0.800 bits per heavy atom. The fourth-order valence-corrected chi connectivity index (χ4v) is 3.53. The van der Waals surface area contributed by atoms with Gasteiger partial charge in [-0.2, -0.15) is 0 Å². The average molecular weight is 562 g/mol. The molecule has 0 aliphatic heterocycles. The number of fused-ring (bicyclic) bond motifs is 1. The van der Waals surface area contributed by atoms with Crippen molar-refractivity contribution in [3.8, 4) is 0 Å². The number of amides is 5. The second-order valence-electron chi connectivity index (χ2n) is 8.55. The van der Waals surface area contributed by atoms with E-state index in [-0.39, 0.29) is 19.4 Å². The maximum Gasteiger partial charge on any atom is 0.326 e. The maximum atomic E-state index is 12.4. The Hall–Kier alpha value is -4.99. The maximum absolute atomic E-state index is 12.4. The molecule has 0 radical (unpaired) electrons. The largest absolute Gasteiger partial charge is 0.481 e. The first-order valence-corrected chi connectivity index (χ1v) is 12.1. The molecule has 1 heterocycles. The molecule has 10 N–H and O–H groups in total. The van der Waals surface area contributed by atoms with Gasteiger partial charge in [0.2, 0.25) is 29.5 Å². The molecule has 5 amide bonds. The number of nitrogens with one attached hydrogen (secondary N) is 6. The SMILES string of the molecule is NCC(=O)NCC(=O)N[C@@H](CCC(=O)O)C(=O)NCC(=O)NCC(=O)N[C@@H](Cc1c[nH]c2ccccc12)C(=O)O. The van der Waals surface area contributed by atoms with Gasteiger partial charge in [0.1, 0.15) is 12.1 Å². The lowest BCUT2D eigenvalue weighted by atomic mass is 10.1. The van der Waals surface area contributed by atoms with Crippen LogP contribution >= 0.6 is 0 Å². The van der Waals surface area contributed by atoms with Gasteiger partial charge in [-0.1, -0.05) is 18.2 Å². The molecule has 0 spiro atoms. The van der Waals surface area contributed by atoms with Crippen LogP contribution in [0.3, 0.4) is 0 Å². The molecule has 1 aromatic heterocycles. The summed E-state index contributed by atoms with van der Waals surface area (Å²) in [6, 6.07) is 4.67. The fraction of sp³-hybridized carbons (Fsp3) is 0.375. The summed E-state index contributed by atoms with van der Waals surface area (Å²) in [5.74, 6) is -6.34. The van der Waals surface area contributed by atoms with E-state index in [1.165, 1.54) is 0 Å². The second-order valence-corrected chi connectivity index (χ2v) is 8.55. The molecule has 0 aliphatic carbocycles. The third kappa shape index (κ3) is 10.4.